The summed E-state index contributed by atoms with van der Waals surface area (Å²) in [5.74, 6) is 0.394. The van der Waals surface area contributed by atoms with Gasteiger partial charge in [0, 0.05) is 30.9 Å². The smallest absolute Gasteiger partial charge is 0.241 e. The van der Waals surface area contributed by atoms with E-state index in [9.17, 15) is 9.59 Å². The molecule has 29 heavy (non-hydrogen) atoms. The van der Waals surface area contributed by atoms with Gasteiger partial charge in [-0.2, -0.15) is 0 Å². The van der Waals surface area contributed by atoms with Crippen molar-refractivity contribution >= 4 is 23.2 Å². The zero-order chi connectivity index (χ0) is 21.0. The number of benzene rings is 2. The van der Waals surface area contributed by atoms with Crippen molar-refractivity contribution < 1.29 is 9.59 Å². The van der Waals surface area contributed by atoms with E-state index in [0.717, 1.165) is 25.1 Å². The van der Waals surface area contributed by atoms with Crippen molar-refractivity contribution in [2.45, 2.75) is 65.1 Å². The molecule has 5 heteroatoms. The summed E-state index contributed by atoms with van der Waals surface area (Å²) < 4.78 is 0. The third kappa shape index (κ3) is 5.91. The van der Waals surface area contributed by atoms with Crippen LogP contribution in [0.15, 0.2) is 48.5 Å². The lowest BCUT2D eigenvalue weighted by Crippen LogP contribution is -2.43. The van der Waals surface area contributed by atoms with Crippen molar-refractivity contribution in [2.24, 2.45) is 0 Å². The second-order valence-electron chi connectivity index (χ2n) is 8.22. The summed E-state index contributed by atoms with van der Waals surface area (Å²) in [6.45, 7) is 8.61. The third-order valence-corrected chi connectivity index (χ3v) is 5.38. The molecule has 154 valence electrons. The molecule has 3 rings (SSSR count). The molecule has 0 heterocycles. The highest BCUT2D eigenvalue weighted by Gasteiger charge is 2.35. The summed E-state index contributed by atoms with van der Waals surface area (Å²) >= 11 is 0. The molecule has 2 aromatic carbocycles. The zero-order valence-corrected chi connectivity index (χ0v) is 17.7. The molecule has 0 aromatic heterocycles. The van der Waals surface area contributed by atoms with Gasteiger partial charge in [0.2, 0.25) is 11.8 Å². The van der Waals surface area contributed by atoms with Gasteiger partial charge >= 0.3 is 0 Å². The minimum absolute atomic E-state index is 0.0111. The lowest BCUT2D eigenvalue weighted by atomic mass is 10.0. The van der Waals surface area contributed by atoms with Gasteiger partial charge in [-0.25, -0.2) is 0 Å². The number of hydrogen-bond donors (Lipinski definition) is 2. The zero-order valence-electron chi connectivity index (χ0n) is 17.7. The maximum atomic E-state index is 12.9. The maximum Gasteiger partial charge on any atom is 0.241 e. The summed E-state index contributed by atoms with van der Waals surface area (Å²) in [5, 5.41) is 5.73. The summed E-state index contributed by atoms with van der Waals surface area (Å²) in [4.78, 5) is 26.3. The summed E-state index contributed by atoms with van der Waals surface area (Å²) in [5.41, 5.74) is 4.02. The third-order valence-electron chi connectivity index (χ3n) is 5.38. The first-order valence-corrected chi connectivity index (χ1v) is 10.4. The molecule has 1 fully saturated rings. The highest BCUT2D eigenvalue weighted by Crippen LogP contribution is 2.31. The molecule has 0 bridgehead atoms. The van der Waals surface area contributed by atoms with Crippen LogP contribution in [0.3, 0.4) is 0 Å². The van der Waals surface area contributed by atoms with Crippen LogP contribution in [0.4, 0.5) is 11.4 Å². The second kappa shape index (κ2) is 9.23. The number of rotatable bonds is 8. The Morgan fingerprint density at radius 1 is 0.931 bits per heavy atom. The molecular weight excluding hydrogens is 362 g/mol. The van der Waals surface area contributed by atoms with E-state index in [1.54, 1.807) is 12.1 Å². The van der Waals surface area contributed by atoms with Gasteiger partial charge in [-0.3, -0.25) is 14.5 Å². The molecule has 1 saturated carbocycles. The standard InChI is InChI=1S/C24H31N3O2/c1-16(2)20-7-5-19(6-8-20)15-27(23-13-14-23)17(3)24(29)26-22-11-9-21(10-12-22)25-18(4)28/h5-12,16-17,23H,13-15H2,1-4H3,(H,25,28)(H,26,29)/t17-/m0/s1. The van der Waals surface area contributed by atoms with E-state index in [1.807, 2.05) is 19.1 Å². The summed E-state index contributed by atoms with van der Waals surface area (Å²) in [7, 11) is 0. The Labute approximate surface area is 173 Å². The number of nitrogens with one attached hydrogen (secondary N) is 2. The van der Waals surface area contributed by atoms with Crippen molar-refractivity contribution in [1.82, 2.24) is 4.90 Å². The fourth-order valence-electron chi connectivity index (χ4n) is 3.44. The number of hydrogen-bond acceptors (Lipinski definition) is 3. The van der Waals surface area contributed by atoms with Gasteiger partial charge in [-0.1, -0.05) is 38.1 Å². The normalized spacial score (nSPS) is 14.7. The van der Waals surface area contributed by atoms with Crippen LogP contribution in [0.2, 0.25) is 0 Å². The van der Waals surface area contributed by atoms with E-state index in [2.05, 4.69) is 53.6 Å². The van der Waals surface area contributed by atoms with E-state index >= 15 is 0 Å². The van der Waals surface area contributed by atoms with Crippen molar-refractivity contribution in [2.75, 3.05) is 10.6 Å². The van der Waals surface area contributed by atoms with Crippen molar-refractivity contribution in [3.63, 3.8) is 0 Å². The van der Waals surface area contributed by atoms with E-state index in [1.165, 1.54) is 18.1 Å². The average Bonchev–Trinajstić information content (AvgIpc) is 3.52. The Kier molecular flexibility index (Phi) is 6.70. The van der Waals surface area contributed by atoms with Gasteiger partial charge in [-0.15, -0.1) is 0 Å². The van der Waals surface area contributed by atoms with Gasteiger partial charge in [0.25, 0.3) is 0 Å². The molecule has 2 aromatic rings. The first-order valence-electron chi connectivity index (χ1n) is 10.4. The Morgan fingerprint density at radius 3 is 1.97 bits per heavy atom. The molecule has 1 aliphatic carbocycles. The Hall–Kier alpha value is -2.66. The molecule has 2 N–H and O–H groups in total. The van der Waals surface area contributed by atoms with Crippen LogP contribution in [-0.2, 0) is 16.1 Å². The Balaban J connectivity index is 1.63. The SMILES string of the molecule is CC(=O)Nc1ccc(NC(=O)[C@H](C)N(Cc2ccc(C(C)C)cc2)C2CC2)cc1. The fraction of sp³-hybridized carbons (Fsp3) is 0.417. The molecule has 0 aliphatic heterocycles. The lowest BCUT2D eigenvalue weighted by molar-refractivity contribution is -0.121. The average molecular weight is 394 g/mol. The van der Waals surface area contributed by atoms with E-state index in [4.69, 9.17) is 0 Å². The van der Waals surface area contributed by atoms with Crippen molar-refractivity contribution in [1.29, 1.82) is 0 Å². The fourth-order valence-corrected chi connectivity index (χ4v) is 3.44. The first-order chi connectivity index (χ1) is 13.8. The van der Waals surface area contributed by atoms with Crippen LogP contribution < -0.4 is 10.6 Å². The van der Waals surface area contributed by atoms with Crippen LogP contribution in [0.1, 0.15) is 57.6 Å². The number of anilines is 2. The number of amides is 2. The minimum Gasteiger partial charge on any atom is -0.326 e. The molecule has 0 unspecified atom stereocenters. The summed E-state index contributed by atoms with van der Waals surface area (Å²) in [6, 6.07) is 16.2. The molecule has 0 saturated heterocycles. The van der Waals surface area contributed by atoms with Crippen molar-refractivity contribution in [3.05, 3.63) is 59.7 Å². The molecular formula is C24H31N3O2. The molecule has 5 nitrogen and oxygen atoms in total. The molecule has 2 amide bonds. The highest BCUT2D eigenvalue weighted by molar-refractivity contribution is 5.95. The monoisotopic (exact) mass is 393 g/mol. The topological polar surface area (TPSA) is 61.4 Å². The van der Waals surface area contributed by atoms with Gasteiger partial charge in [-0.05, 0) is 61.1 Å². The van der Waals surface area contributed by atoms with Crippen LogP contribution in [-0.4, -0.2) is 28.8 Å². The largest absolute Gasteiger partial charge is 0.326 e. The Morgan fingerprint density at radius 2 is 1.48 bits per heavy atom. The number of nitrogens with zero attached hydrogens (tertiary/aromatic N) is 1. The van der Waals surface area contributed by atoms with Gasteiger partial charge in [0.15, 0.2) is 0 Å². The van der Waals surface area contributed by atoms with Crippen LogP contribution in [0, 0.1) is 0 Å². The second-order valence-corrected chi connectivity index (χ2v) is 8.22. The highest BCUT2D eigenvalue weighted by atomic mass is 16.2. The maximum absolute atomic E-state index is 12.9. The van der Waals surface area contributed by atoms with E-state index < -0.39 is 0 Å². The lowest BCUT2D eigenvalue weighted by Gasteiger charge is -2.28. The van der Waals surface area contributed by atoms with Gasteiger partial charge < -0.3 is 10.6 Å². The molecule has 0 spiro atoms. The van der Waals surface area contributed by atoms with Gasteiger partial charge in [0.1, 0.15) is 0 Å². The van der Waals surface area contributed by atoms with E-state index in [0.29, 0.717) is 17.6 Å². The molecule has 1 aliphatic rings. The predicted molar refractivity (Wildman–Crippen MR) is 118 cm³/mol. The van der Waals surface area contributed by atoms with Crippen LogP contribution in [0.25, 0.3) is 0 Å². The minimum atomic E-state index is -0.220. The molecule has 0 radical (unpaired) electrons. The van der Waals surface area contributed by atoms with Gasteiger partial charge in [0.05, 0.1) is 6.04 Å². The van der Waals surface area contributed by atoms with Crippen LogP contribution in [0.5, 0.6) is 0 Å². The van der Waals surface area contributed by atoms with E-state index in [-0.39, 0.29) is 17.9 Å². The molecule has 1 atom stereocenters. The first kappa shape index (κ1) is 21.1. The predicted octanol–water partition coefficient (Wildman–Crippen LogP) is 4.76. The summed E-state index contributed by atoms with van der Waals surface area (Å²) in [6.07, 6.45) is 2.29. The van der Waals surface area contributed by atoms with Crippen LogP contribution >= 0.6 is 0 Å². The Bertz CT molecular complexity index is 839. The number of carbonyl (C=O) groups excluding carboxylic acids is 2. The number of carbonyl (C=O) groups is 2. The van der Waals surface area contributed by atoms with Crippen molar-refractivity contribution in [3.8, 4) is 0 Å². The quantitative estimate of drug-likeness (QED) is 0.680.